The quantitative estimate of drug-likeness (QED) is 0.382. The summed E-state index contributed by atoms with van der Waals surface area (Å²) in [7, 11) is 0. The molecule has 0 unspecified atom stereocenters. The molecule has 0 aromatic rings. The number of hydrogen-bond donors (Lipinski definition) is 2. The molecule has 7 heteroatoms. The Labute approximate surface area is 81.2 Å². The summed E-state index contributed by atoms with van der Waals surface area (Å²) in [5.74, 6) is 0. The second-order valence-electron chi connectivity index (χ2n) is 0.415. The van der Waals surface area contributed by atoms with Gasteiger partial charge in [-0.1, -0.05) is 0 Å². The van der Waals surface area contributed by atoms with Gasteiger partial charge >= 0.3 is 59.0 Å². The maximum Gasteiger partial charge on any atom is 0 e. The van der Waals surface area contributed by atoms with Gasteiger partial charge in [-0.15, -0.1) is 0 Å². The van der Waals surface area contributed by atoms with Gasteiger partial charge in [0.05, 0.1) is 0 Å². The minimum atomic E-state index is -5.12. The van der Waals surface area contributed by atoms with Gasteiger partial charge in [0, 0.05) is 21.7 Å². The Kier molecular flexibility index (Phi) is 13.4. The van der Waals surface area contributed by atoms with Crippen molar-refractivity contribution in [2.24, 2.45) is 0 Å². The third-order valence-corrected chi connectivity index (χ3v) is 0. The van der Waals surface area contributed by atoms with E-state index in [-0.39, 0.29) is 52.7 Å². The van der Waals surface area contributed by atoms with Crippen LogP contribution < -0.4 is 29.6 Å². The fraction of sp³-hybridized carbons (Fsp3) is 0. The SMILES string of the molecule is [H-].[Na+].[O]=[Mn](=[O])([OH])[OH].[Ti]. The first-order valence-corrected chi connectivity index (χ1v) is 2.67. The van der Waals surface area contributed by atoms with E-state index in [9.17, 15) is 0 Å². The van der Waals surface area contributed by atoms with E-state index in [0.29, 0.717) is 0 Å². The molecule has 0 spiro atoms. The van der Waals surface area contributed by atoms with Crippen LogP contribution in [0.25, 0.3) is 0 Å². The molecule has 0 saturated heterocycles. The van der Waals surface area contributed by atoms with E-state index in [0.717, 1.165) is 0 Å². The molecule has 0 aromatic carbocycles. The van der Waals surface area contributed by atoms with E-state index >= 15 is 0 Å². The predicted octanol–water partition coefficient (Wildman–Crippen LogP) is -4.24. The van der Waals surface area contributed by atoms with Crippen LogP contribution in [-0.4, -0.2) is 8.38 Å². The van der Waals surface area contributed by atoms with Crippen molar-refractivity contribution >= 4 is 0 Å². The van der Waals surface area contributed by atoms with Gasteiger partial charge < -0.3 is 1.43 Å². The molecule has 0 fully saturated rings. The molecule has 0 amide bonds. The van der Waals surface area contributed by atoms with E-state index < -0.39 is 13.4 Å². The molecule has 0 rings (SSSR count). The first-order valence-electron chi connectivity index (χ1n) is 0.647. The van der Waals surface area contributed by atoms with Crippen LogP contribution in [0, 0.1) is 0 Å². The molecule has 0 aliphatic rings. The van der Waals surface area contributed by atoms with Crippen molar-refractivity contribution < 1.29 is 82.1 Å². The smallest absolute Gasteiger partial charge is 0 e. The van der Waals surface area contributed by atoms with Gasteiger partial charge in [-0.2, -0.15) is 0 Å². The molecule has 0 atom stereocenters. The summed E-state index contributed by atoms with van der Waals surface area (Å²) >= 11 is -5.12. The first kappa shape index (κ1) is 15.9. The van der Waals surface area contributed by atoms with E-state index in [2.05, 4.69) is 0 Å². The average molecular weight is 193 g/mol. The van der Waals surface area contributed by atoms with Crippen molar-refractivity contribution in [3.63, 3.8) is 0 Å². The Morgan fingerprint density at radius 2 is 1.29 bits per heavy atom. The molecule has 7 heavy (non-hydrogen) atoms. The summed E-state index contributed by atoms with van der Waals surface area (Å²) in [6.45, 7) is 0. The van der Waals surface area contributed by atoms with Crippen molar-refractivity contribution in [3.05, 3.63) is 0 Å². The molecule has 0 aliphatic heterocycles. The first-order chi connectivity index (χ1) is 2.00. The van der Waals surface area contributed by atoms with Gasteiger partial charge in [-0.3, -0.25) is 0 Å². The fourth-order valence-corrected chi connectivity index (χ4v) is 0. The Morgan fingerprint density at radius 1 is 1.29 bits per heavy atom. The van der Waals surface area contributed by atoms with Crippen LogP contribution in [0.1, 0.15) is 1.43 Å². The van der Waals surface area contributed by atoms with Gasteiger partial charge in [-0.25, -0.2) is 0 Å². The zero-order chi connectivity index (χ0) is 4.50. The van der Waals surface area contributed by atoms with Crippen LogP contribution in [0.2, 0.25) is 0 Å². The molecule has 0 radical (unpaired) electrons. The topological polar surface area (TPSA) is 74.6 Å². The Bertz CT molecular complexity index is 99.2. The predicted molar refractivity (Wildman–Crippen MR) is 6.92 cm³/mol. The molecule has 2 N–H and O–H groups in total. The Balaban J connectivity index is -0.0000000267. The van der Waals surface area contributed by atoms with Gasteiger partial charge in [-0.05, 0) is 0 Å². The van der Waals surface area contributed by atoms with Crippen LogP contribution in [0.3, 0.4) is 0 Å². The zero-order valence-corrected chi connectivity index (χ0v) is 8.33. The van der Waals surface area contributed by atoms with E-state index in [4.69, 9.17) is 16.0 Å². The number of rotatable bonds is 0. The van der Waals surface area contributed by atoms with E-state index in [1.807, 2.05) is 0 Å². The van der Waals surface area contributed by atoms with E-state index in [1.165, 1.54) is 0 Å². The van der Waals surface area contributed by atoms with Crippen molar-refractivity contribution in [2.45, 2.75) is 0 Å². The molecule has 4 nitrogen and oxygen atoms in total. The molecule has 0 heterocycles. The largest absolute Gasteiger partial charge is 0 e. The molecule has 39 valence electrons. The zero-order valence-electron chi connectivity index (χ0n) is 4.59. The van der Waals surface area contributed by atoms with Crippen molar-refractivity contribution in [2.75, 3.05) is 0 Å². The molecular formula is H3MnNaO4Ti. The van der Waals surface area contributed by atoms with Crippen molar-refractivity contribution in [3.8, 4) is 0 Å². The van der Waals surface area contributed by atoms with Crippen LogP contribution in [0.5, 0.6) is 0 Å². The Hall–Kier alpha value is 1.75. The summed E-state index contributed by atoms with van der Waals surface area (Å²) < 4.78 is 31.8. The van der Waals surface area contributed by atoms with Crippen molar-refractivity contribution in [1.82, 2.24) is 0 Å². The number of hydrogen-bond acceptors (Lipinski definition) is 2. The van der Waals surface area contributed by atoms with Crippen LogP contribution in [0.15, 0.2) is 0 Å². The molecule has 0 saturated carbocycles. The van der Waals surface area contributed by atoms with E-state index in [1.54, 1.807) is 0 Å². The molecule has 0 aromatic heterocycles. The summed E-state index contributed by atoms with van der Waals surface area (Å²) in [5, 5.41) is 0. The average Bonchev–Trinajstić information content (AvgIpc) is 0.722. The third-order valence-electron chi connectivity index (χ3n) is 0. The minimum Gasteiger partial charge on any atom is 0 e. The maximum atomic E-state index is 8.80. The van der Waals surface area contributed by atoms with Gasteiger partial charge in [0.25, 0.3) is 0 Å². The second kappa shape index (κ2) is 5.88. The summed E-state index contributed by atoms with van der Waals surface area (Å²) in [6, 6.07) is 0. The summed E-state index contributed by atoms with van der Waals surface area (Å²) in [4.78, 5) is 0. The monoisotopic (exact) mass is 193 g/mol. The second-order valence-corrected chi connectivity index (χ2v) is 1.71. The third kappa shape index (κ3) is 83.5. The molecular weight excluding hydrogens is 190 g/mol. The standard InChI is InChI=1S/Mn.Na.2H2O.2O.Ti.H/h;;2*1H2;;;;/q+2;+1;;;;;;-1/p-2. The molecule has 0 aliphatic carbocycles. The van der Waals surface area contributed by atoms with Crippen LogP contribution >= 0.6 is 0 Å². The van der Waals surface area contributed by atoms with Crippen LogP contribution in [-0.2, 0) is 42.8 Å². The normalized spacial score (nSPS) is 8.29. The molecule has 0 bridgehead atoms. The Morgan fingerprint density at radius 3 is 1.29 bits per heavy atom. The van der Waals surface area contributed by atoms with Gasteiger partial charge in [0.2, 0.25) is 0 Å². The summed E-state index contributed by atoms with van der Waals surface area (Å²) in [6.07, 6.45) is 0. The fourth-order valence-electron chi connectivity index (χ4n) is 0. The van der Waals surface area contributed by atoms with Crippen LogP contribution in [0.4, 0.5) is 0 Å². The summed E-state index contributed by atoms with van der Waals surface area (Å²) in [5.41, 5.74) is 0. The maximum absolute atomic E-state index is 8.80. The minimum absolute atomic E-state index is 0. The van der Waals surface area contributed by atoms with Gasteiger partial charge in [0.1, 0.15) is 0 Å². The van der Waals surface area contributed by atoms with Crippen molar-refractivity contribution in [1.29, 1.82) is 0 Å². The van der Waals surface area contributed by atoms with Gasteiger partial charge in [0.15, 0.2) is 0 Å².